The monoisotopic (exact) mass is 292 g/mol. The Hall–Kier alpha value is -1.65. The van der Waals surface area contributed by atoms with Crippen LogP contribution in [0.2, 0.25) is 0 Å². The summed E-state index contributed by atoms with van der Waals surface area (Å²) in [6, 6.07) is 6.97. The highest BCUT2D eigenvalue weighted by atomic mass is 16.7. The molecular formula is C17H24O4. The summed E-state index contributed by atoms with van der Waals surface area (Å²) in [5.74, 6) is 0.656. The number of rotatable bonds is 10. The molecule has 0 spiro atoms. The van der Waals surface area contributed by atoms with Gasteiger partial charge < -0.3 is 14.2 Å². The van der Waals surface area contributed by atoms with Crippen LogP contribution in [0.5, 0.6) is 5.75 Å². The Morgan fingerprint density at radius 1 is 1.19 bits per heavy atom. The van der Waals surface area contributed by atoms with E-state index in [-0.39, 0.29) is 18.7 Å². The lowest BCUT2D eigenvalue weighted by Crippen LogP contribution is -2.19. The minimum Gasteiger partial charge on any atom is -0.497 e. The lowest BCUT2D eigenvalue weighted by molar-refractivity contribution is -0.121. The van der Waals surface area contributed by atoms with Gasteiger partial charge in [-0.15, -0.1) is 0 Å². The van der Waals surface area contributed by atoms with Gasteiger partial charge in [-0.25, -0.2) is 0 Å². The van der Waals surface area contributed by atoms with Gasteiger partial charge in [0.1, 0.15) is 12.4 Å². The lowest BCUT2D eigenvalue weighted by atomic mass is 10.1. The second kappa shape index (κ2) is 10.1. The third-order valence-corrected chi connectivity index (χ3v) is 2.90. The summed E-state index contributed by atoms with van der Waals surface area (Å²) in [5, 5.41) is 0. The van der Waals surface area contributed by atoms with E-state index in [9.17, 15) is 4.79 Å². The Morgan fingerprint density at radius 3 is 2.52 bits per heavy atom. The van der Waals surface area contributed by atoms with Gasteiger partial charge in [0.2, 0.25) is 0 Å². The van der Waals surface area contributed by atoms with Crippen LogP contribution in [0.3, 0.4) is 0 Å². The van der Waals surface area contributed by atoms with Crippen molar-refractivity contribution in [1.29, 1.82) is 0 Å². The standard InChI is InChI=1S/C17H24O4/c1-4-5-6-7-12-20-14(2)21-13-17(18)15-8-10-16(19-3)11-9-15/h5-6,8-11,14H,4,7,12-13H2,1-3H3/b6-5-. The Labute approximate surface area is 126 Å². The molecule has 0 saturated carbocycles. The van der Waals surface area contributed by atoms with Gasteiger partial charge in [0.15, 0.2) is 12.1 Å². The van der Waals surface area contributed by atoms with Crippen LogP contribution in [0, 0.1) is 0 Å². The molecule has 21 heavy (non-hydrogen) atoms. The molecule has 1 atom stereocenters. The van der Waals surface area contributed by atoms with Crippen LogP contribution in [0.4, 0.5) is 0 Å². The molecule has 0 bridgehead atoms. The second-order valence-electron chi connectivity index (χ2n) is 4.57. The van der Waals surface area contributed by atoms with Gasteiger partial charge in [-0.2, -0.15) is 0 Å². The Kier molecular flexibility index (Phi) is 8.40. The number of methoxy groups -OCH3 is 1. The van der Waals surface area contributed by atoms with Gasteiger partial charge in [0, 0.05) is 5.56 Å². The summed E-state index contributed by atoms with van der Waals surface area (Å²) in [4.78, 5) is 11.9. The molecule has 1 unspecified atom stereocenters. The molecule has 4 heteroatoms. The highest BCUT2D eigenvalue weighted by molar-refractivity contribution is 5.97. The summed E-state index contributed by atoms with van der Waals surface area (Å²) in [5.41, 5.74) is 0.605. The van der Waals surface area contributed by atoms with Gasteiger partial charge in [0.25, 0.3) is 0 Å². The van der Waals surface area contributed by atoms with E-state index in [1.165, 1.54) is 0 Å². The summed E-state index contributed by atoms with van der Waals surface area (Å²) < 4.78 is 15.9. The van der Waals surface area contributed by atoms with Crippen molar-refractivity contribution in [1.82, 2.24) is 0 Å². The molecule has 0 aliphatic heterocycles. The Balaban J connectivity index is 2.26. The smallest absolute Gasteiger partial charge is 0.188 e. The van der Waals surface area contributed by atoms with Gasteiger partial charge in [0.05, 0.1) is 13.7 Å². The average Bonchev–Trinajstić information content (AvgIpc) is 2.52. The van der Waals surface area contributed by atoms with Gasteiger partial charge in [-0.3, -0.25) is 4.79 Å². The predicted molar refractivity (Wildman–Crippen MR) is 82.7 cm³/mol. The largest absolute Gasteiger partial charge is 0.497 e. The molecule has 0 N–H and O–H groups in total. The second-order valence-corrected chi connectivity index (χ2v) is 4.57. The van der Waals surface area contributed by atoms with Crippen LogP contribution in [0.25, 0.3) is 0 Å². The van der Waals surface area contributed by atoms with E-state index in [4.69, 9.17) is 14.2 Å². The highest BCUT2D eigenvalue weighted by Crippen LogP contribution is 2.12. The molecule has 0 amide bonds. The number of carbonyl (C=O) groups is 1. The number of Topliss-reactive ketones (excluding diaryl/α,β-unsaturated/α-hetero) is 1. The first kappa shape index (κ1) is 17.4. The zero-order valence-electron chi connectivity index (χ0n) is 13.0. The fraction of sp³-hybridized carbons (Fsp3) is 0.471. The first-order valence-corrected chi connectivity index (χ1v) is 7.22. The number of carbonyl (C=O) groups excluding carboxylic acids is 1. The number of ketones is 1. The van der Waals surface area contributed by atoms with Crippen LogP contribution in [0.1, 0.15) is 37.0 Å². The minimum absolute atomic E-state index is 0.0122. The van der Waals surface area contributed by atoms with Gasteiger partial charge in [-0.05, 0) is 44.0 Å². The van der Waals surface area contributed by atoms with Crippen LogP contribution < -0.4 is 4.74 Å². The maximum atomic E-state index is 11.9. The molecule has 0 heterocycles. The summed E-state index contributed by atoms with van der Waals surface area (Å²) in [6.07, 6.45) is 5.68. The molecule has 0 aromatic heterocycles. The van der Waals surface area contributed by atoms with E-state index in [2.05, 4.69) is 19.1 Å². The Bertz CT molecular complexity index is 437. The lowest BCUT2D eigenvalue weighted by Gasteiger charge is -2.13. The molecule has 0 aliphatic rings. The van der Waals surface area contributed by atoms with Crippen molar-refractivity contribution in [3.8, 4) is 5.75 Å². The molecule has 0 aliphatic carbocycles. The third-order valence-electron chi connectivity index (χ3n) is 2.90. The minimum atomic E-state index is -0.387. The van der Waals surface area contributed by atoms with Crippen LogP contribution in [-0.2, 0) is 9.47 Å². The average molecular weight is 292 g/mol. The van der Waals surface area contributed by atoms with E-state index in [0.29, 0.717) is 12.2 Å². The third kappa shape index (κ3) is 7.06. The summed E-state index contributed by atoms with van der Waals surface area (Å²) >= 11 is 0. The number of ether oxygens (including phenoxy) is 3. The summed E-state index contributed by atoms with van der Waals surface area (Å²) in [6.45, 7) is 4.49. The van der Waals surface area contributed by atoms with Crippen molar-refractivity contribution in [3.63, 3.8) is 0 Å². The van der Waals surface area contributed by atoms with Gasteiger partial charge in [-0.1, -0.05) is 19.1 Å². The predicted octanol–water partition coefficient (Wildman–Crippen LogP) is 3.61. The molecule has 4 nitrogen and oxygen atoms in total. The Morgan fingerprint density at radius 2 is 1.90 bits per heavy atom. The molecular weight excluding hydrogens is 268 g/mol. The van der Waals surface area contributed by atoms with E-state index < -0.39 is 0 Å². The molecule has 0 saturated heterocycles. The van der Waals surface area contributed by atoms with Crippen molar-refractivity contribution in [2.45, 2.75) is 33.0 Å². The molecule has 116 valence electrons. The SMILES string of the molecule is CC/C=C\CCOC(C)OCC(=O)c1ccc(OC)cc1. The van der Waals surface area contributed by atoms with Crippen LogP contribution in [-0.4, -0.2) is 32.4 Å². The van der Waals surface area contributed by atoms with E-state index in [0.717, 1.165) is 18.6 Å². The number of allylic oxidation sites excluding steroid dienone is 1. The van der Waals surface area contributed by atoms with Crippen LogP contribution in [0.15, 0.2) is 36.4 Å². The topological polar surface area (TPSA) is 44.8 Å². The van der Waals surface area contributed by atoms with Crippen molar-refractivity contribution in [3.05, 3.63) is 42.0 Å². The van der Waals surface area contributed by atoms with E-state index in [1.54, 1.807) is 38.3 Å². The molecule has 1 aromatic carbocycles. The maximum Gasteiger partial charge on any atom is 0.188 e. The molecule has 0 fully saturated rings. The van der Waals surface area contributed by atoms with Crippen molar-refractivity contribution in [2.24, 2.45) is 0 Å². The van der Waals surface area contributed by atoms with Crippen molar-refractivity contribution < 1.29 is 19.0 Å². The molecule has 1 rings (SSSR count). The summed E-state index contributed by atoms with van der Waals surface area (Å²) in [7, 11) is 1.59. The molecule has 0 radical (unpaired) electrons. The first-order chi connectivity index (χ1) is 10.2. The fourth-order valence-electron chi connectivity index (χ4n) is 1.69. The molecule has 1 aromatic rings. The number of benzene rings is 1. The van der Waals surface area contributed by atoms with Gasteiger partial charge >= 0.3 is 0 Å². The normalized spacial score (nSPS) is 12.5. The maximum absolute atomic E-state index is 11.9. The number of hydrogen-bond acceptors (Lipinski definition) is 4. The van der Waals surface area contributed by atoms with E-state index >= 15 is 0 Å². The van der Waals surface area contributed by atoms with Crippen LogP contribution >= 0.6 is 0 Å². The highest BCUT2D eigenvalue weighted by Gasteiger charge is 2.09. The zero-order chi connectivity index (χ0) is 15.5. The first-order valence-electron chi connectivity index (χ1n) is 7.22. The van der Waals surface area contributed by atoms with Crippen molar-refractivity contribution >= 4 is 5.78 Å². The fourth-order valence-corrected chi connectivity index (χ4v) is 1.69. The number of hydrogen-bond donors (Lipinski definition) is 0. The van der Waals surface area contributed by atoms with Crippen molar-refractivity contribution in [2.75, 3.05) is 20.3 Å². The quantitative estimate of drug-likeness (QED) is 0.286. The van der Waals surface area contributed by atoms with E-state index in [1.807, 2.05) is 0 Å². The zero-order valence-corrected chi connectivity index (χ0v) is 13.0.